The zero-order chi connectivity index (χ0) is 23.1. The molecule has 9 heteroatoms. The summed E-state index contributed by atoms with van der Waals surface area (Å²) in [6.45, 7) is 2.49. The predicted octanol–water partition coefficient (Wildman–Crippen LogP) is 6.64. The number of hydrazone groups is 1. The second-order valence-corrected chi connectivity index (χ2v) is 8.15. The molecule has 0 bridgehead atoms. The Morgan fingerprint density at radius 3 is 2.59 bits per heavy atom. The van der Waals surface area contributed by atoms with Crippen LogP contribution in [0, 0.1) is 5.82 Å². The molecule has 0 spiro atoms. The molecule has 3 aromatic carbocycles. The summed E-state index contributed by atoms with van der Waals surface area (Å²) in [5.74, 6) is -0.289. The van der Waals surface area contributed by atoms with Crippen LogP contribution >= 0.6 is 39.1 Å². The van der Waals surface area contributed by atoms with E-state index >= 15 is 0 Å². The third-order valence-corrected chi connectivity index (χ3v) is 5.52. The highest BCUT2D eigenvalue weighted by atomic mass is 79.9. The number of carbonyl (C=O) groups is 1. The van der Waals surface area contributed by atoms with Gasteiger partial charge in [-0.25, -0.2) is 9.82 Å². The Morgan fingerprint density at radius 2 is 1.88 bits per heavy atom. The molecule has 3 aromatic rings. The van der Waals surface area contributed by atoms with Gasteiger partial charge in [0.05, 0.1) is 18.4 Å². The topological polar surface area (TPSA) is 59.9 Å². The maximum atomic E-state index is 13.7. The molecule has 0 unspecified atom stereocenters. The van der Waals surface area contributed by atoms with Crippen LogP contribution in [0.5, 0.6) is 11.5 Å². The molecule has 1 N–H and O–H groups in total. The van der Waals surface area contributed by atoms with Crippen molar-refractivity contribution < 1.29 is 18.7 Å². The van der Waals surface area contributed by atoms with Gasteiger partial charge in [-0.05, 0) is 59.3 Å². The second kappa shape index (κ2) is 11.3. The van der Waals surface area contributed by atoms with Crippen molar-refractivity contribution in [3.8, 4) is 11.5 Å². The first-order chi connectivity index (χ1) is 15.4. The largest absolute Gasteiger partial charge is 0.490 e. The molecule has 166 valence electrons. The van der Waals surface area contributed by atoms with Crippen molar-refractivity contribution in [3.63, 3.8) is 0 Å². The molecule has 0 aromatic heterocycles. The Kier molecular flexibility index (Phi) is 8.50. The van der Waals surface area contributed by atoms with Crippen molar-refractivity contribution in [1.29, 1.82) is 0 Å². The van der Waals surface area contributed by atoms with Gasteiger partial charge in [0.1, 0.15) is 12.4 Å². The van der Waals surface area contributed by atoms with Gasteiger partial charge in [-0.15, -0.1) is 0 Å². The van der Waals surface area contributed by atoms with Gasteiger partial charge in [0.2, 0.25) is 0 Å². The van der Waals surface area contributed by atoms with E-state index in [-0.39, 0.29) is 12.2 Å². The number of hydrogen-bond donors (Lipinski definition) is 1. The van der Waals surface area contributed by atoms with Crippen molar-refractivity contribution in [1.82, 2.24) is 5.43 Å². The van der Waals surface area contributed by atoms with Gasteiger partial charge < -0.3 is 9.47 Å². The highest BCUT2D eigenvalue weighted by molar-refractivity contribution is 9.10. The van der Waals surface area contributed by atoms with Crippen molar-refractivity contribution in [2.45, 2.75) is 13.5 Å². The summed E-state index contributed by atoms with van der Waals surface area (Å²) in [4.78, 5) is 12.1. The molecule has 3 rings (SSSR count). The van der Waals surface area contributed by atoms with E-state index in [0.29, 0.717) is 38.2 Å². The van der Waals surface area contributed by atoms with Gasteiger partial charge in [-0.2, -0.15) is 5.10 Å². The summed E-state index contributed by atoms with van der Waals surface area (Å²) in [6, 6.07) is 14.3. The van der Waals surface area contributed by atoms with Crippen LogP contribution in [0.15, 0.2) is 64.2 Å². The number of halogens is 4. The predicted molar refractivity (Wildman–Crippen MR) is 128 cm³/mol. The SMILES string of the molecule is CCOc1cc(/C=N\NC(=O)c2ccccc2F)c(Br)cc1OCc1ccc(Cl)cc1Cl. The quantitative estimate of drug-likeness (QED) is 0.258. The molecule has 0 atom stereocenters. The van der Waals surface area contributed by atoms with Gasteiger partial charge >= 0.3 is 0 Å². The van der Waals surface area contributed by atoms with Crippen LogP contribution in [0.3, 0.4) is 0 Å². The smallest absolute Gasteiger partial charge is 0.274 e. The summed E-state index contributed by atoms with van der Waals surface area (Å²) in [7, 11) is 0. The van der Waals surface area contributed by atoms with Gasteiger partial charge in [-0.3, -0.25) is 4.79 Å². The molecular weight excluding hydrogens is 522 g/mol. The van der Waals surface area contributed by atoms with E-state index in [1.54, 1.807) is 36.4 Å². The van der Waals surface area contributed by atoms with Crippen LogP contribution in [0.1, 0.15) is 28.4 Å². The van der Waals surface area contributed by atoms with Gasteiger partial charge in [0, 0.05) is 25.6 Å². The summed E-state index contributed by atoms with van der Waals surface area (Å²) in [6.07, 6.45) is 1.42. The number of nitrogens with one attached hydrogen (secondary N) is 1. The van der Waals surface area contributed by atoms with Crippen molar-refractivity contribution in [2.24, 2.45) is 5.10 Å². The Bertz CT molecular complexity index is 1160. The monoisotopic (exact) mass is 538 g/mol. The summed E-state index contributed by atoms with van der Waals surface area (Å²) >= 11 is 15.6. The lowest BCUT2D eigenvalue weighted by atomic mass is 10.2. The maximum absolute atomic E-state index is 13.7. The number of hydrogen-bond acceptors (Lipinski definition) is 4. The molecule has 1 amide bonds. The normalized spacial score (nSPS) is 10.9. The second-order valence-electron chi connectivity index (χ2n) is 6.46. The lowest BCUT2D eigenvalue weighted by Crippen LogP contribution is -2.19. The Hall–Kier alpha value is -2.61. The van der Waals surface area contributed by atoms with Crippen LogP contribution in [0.2, 0.25) is 10.0 Å². The van der Waals surface area contributed by atoms with Crippen molar-refractivity contribution in [3.05, 3.63) is 91.6 Å². The molecule has 0 fully saturated rings. The lowest BCUT2D eigenvalue weighted by molar-refractivity contribution is 0.0951. The first-order valence-corrected chi connectivity index (χ1v) is 11.0. The molecule has 0 saturated heterocycles. The van der Waals surface area contributed by atoms with Gasteiger partial charge in [0.25, 0.3) is 5.91 Å². The average molecular weight is 540 g/mol. The fourth-order valence-electron chi connectivity index (χ4n) is 2.69. The molecule has 0 aliphatic rings. The first kappa shape index (κ1) is 24.0. The number of amides is 1. The average Bonchev–Trinajstić information content (AvgIpc) is 2.76. The lowest BCUT2D eigenvalue weighted by Gasteiger charge is -2.14. The zero-order valence-corrected chi connectivity index (χ0v) is 20.0. The Labute approximate surface area is 203 Å². The van der Waals surface area contributed by atoms with Gasteiger partial charge in [0.15, 0.2) is 11.5 Å². The summed E-state index contributed by atoms with van der Waals surface area (Å²) in [5.41, 5.74) is 3.62. The van der Waals surface area contributed by atoms with E-state index in [9.17, 15) is 9.18 Å². The minimum absolute atomic E-state index is 0.0941. The highest BCUT2D eigenvalue weighted by Gasteiger charge is 2.13. The molecule has 32 heavy (non-hydrogen) atoms. The summed E-state index contributed by atoms with van der Waals surface area (Å²) < 4.78 is 26.0. The number of nitrogens with zero attached hydrogens (tertiary/aromatic N) is 1. The highest BCUT2D eigenvalue weighted by Crippen LogP contribution is 2.34. The molecule has 0 aliphatic carbocycles. The molecule has 0 saturated carbocycles. The standard InChI is InChI=1S/C23H18BrCl2FN2O3/c1-2-31-21-9-15(12-28-29-23(30)17-5-3-4-6-20(17)27)18(24)11-22(21)32-13-14-7-8-16(25)10-19(14)26/h3-12H,2,13H2,1H3,(H,29,30)/b28-12-. The fourth-order valence-corrected chi connectivity index (χ4v) is 3.58. The maximum Gasteiger partial charge on any atom is 0.274 e. The number of carbonyl (C=O) groups excluding carboxylic acids is 1. The third-order valence-electron chi connectivity index (χ3n) is 4.25. The minimum atomic E-state index is -0.652. The molecule has 0 radical (unpaired) electrons. The van der Waals surface area contributed by atoms with Crippen LogP contribution in [0.4, 0.5) is 4.39 Å². The molecule has 5 nitrogen and oxygen atoms in total. The zero-order valence-electron chi connectivity index (χ0n) is 16.9. The van der Waals surface area contributed by atoms with Gasteiger partial charge in [-0.1, -0.05) is 41.4 Å². The van der Waals surface area contributed by atoms with E-state index in [0.717, 1.165) is 5.56 Å². The molecular formula is C23H18BrCl2FN2O3. The Balaban J connectivity index is 1.75. The van der Waals surface area contributed by atoms with Crippen LogP contribution in [-0.4, -0.2) is 18.7 Å². The number of ether oxygens (including phenoxy) is 2. The van der Waals surface area contributed by atoms with E-state index < -0.39 is 11.7 Å². The first-order valence-electron chi connectivity index (χ1n) is 9.50. The molecule has 0 heterocycles. The third kappa shape index (κ3) is 6.22. The summed E-state index contributed by atoms with van der Waals surface area (Å²) in [5, 5.41) is 4.96. The fraction of sp³-hybridized carbons (Fsp3) is 0.130. The Morgan fingerprint density at radius 1 is 1.12 bits per heavy atom. The van der Waals surface area contributed by atoms with E-state index in [4.69, 9.17) is 32.7 Å². The molecule has 0 aliphatic heterocycles. The van der Waals surface area contributed by atoms with Crippen LogP contribution in [-0.2, 0) is 6.61 Å². The van der Waals surface area contributed by atoms with Crippen molar-refractivity contribution in [2.75, 3.05) is 6.61 Å². The number of benzene rings is 3. The van der Waals surface area contributed by atoms with E-state index in [1.807, 2.05) is 6.92 Å². The van der Waals surface area contributed by atoms with Crippen LogP contribution in [0.25, 0.3) is 0 Å². The number of rotatable bonds is 8. The van der Waals surface area contributed by atoms with E-state index in [2.05, 4.69) is 26.5 Å². The van der Waals surface area contributed by atoms with Crippen LogP contribution < -0.4 is 14.9 Å². The minimum Gasteiger partial charge on any atom is -0.490 e. The van der Waals surface area contributed by atoms with Crippen molar-refractivity contribution >= 4 is 51.3 Å². The van der Waals surface area contributed by atoms with E-state index in [1.165, 1.54) is 24.4 Å².